The van der Waals surface area contributed by atoms with E-state index in [2.05, 4.69) is 20.0 Å². The summed E-state index contributed by atoms with van der Waals surface area (Å²) in [6.07, 6.45) is 3.56. The second-order valence-corrected chi connectivity index (χ2v) is 9.68. The van der Waals surface area contributed by atoms with Gasteiger partial charge in [0, 0.05) is 30.7 Å². The third-order valence-corrected chi connectivity index (χ3v) is 6.64. The number of aromatic nitrogens is 2. The van der Waals surface area contributed by atoms with Gasteiger partial charge in [0.2, 0.25) is 5.91 Å². The number of fused-ring (bicyclic) bond motifs is 1. The first kappa shape index (κ1) is 22.5. The van der Waals surface area contributed by atoms with E-state index >= 15 is 0 Å². The molecule has 33 heavy (non-hydrogen) atoms. The van der Waals surface area contributed by atoms with Crippen molar-refractivity contribution < 1.29 is 17.9 Å². The Morgan fingerprint density at radius 1 is 1.18 bits per heavy atom. The molecule has 0 aliphatic carbocycles. The summed E-state index contributed by atoms with van der Waals surface area (Å²) in [7, 11) is -1.78. The van der Waals surface area contributed by atoms with Gasteiger partial charge in [-0.25, -0.2) is 13.4 Å². The molecule has 172 valence electrons. The first-order chi connectivity index (χ1) is 15.7. The summed E-state index contributed by atoms with van der Waals surface area (Å²) >= 11 is 0. The molecule has 0 spiro atoms. The van der Waals surface area contributed by atoms with Gasteiger partial charge in [-0.1, -0.05) is 26.0 Å². The van der Waals surface area contributed by atoms with Gasteiger partial charge >= 0.3 is 0 Å². The van der Waals surface area contributed by atoms with Crippen molar-refractivity contribution in [2.45, 2.75) is 31.4 Å². The van der Waals surface area contributed by atoms with Crippen LogP contribution in [0.4, 0.5) is 5.69 Å². The maximum Gasteiger partial charge on any atom is 0.263 e. The normalized spacial score (nSPS) is 16.3. The lowest BCUT2D eigenvalue weighted by atomic mass is 10.0. The van der Waals surface area contributed by atoms with Gasteiger partial charge < -0.3 is 14.6 Å². The second kappa shape index (κ2) is 9.07. The third-order valence-electron chi connectivity index (χ3n) is 5.24. The van der Waals surface area contributed by atoms with Crippen LogP contribution in [0, 0.1) is 5.92 Å². The van der Waals surface area contributed by atoms with Crippen molar-refractivity contribution in [3.05, 3.63) is 72.3 Å². The number of carbonyl (C=O) groups is 1. The number of hydrogen-bond donors (Lipinski definition) is 2. The number of sulfonamides is 1. The molecule has 0 radical (unpaired) electrons. The summed E-state index contributed by atoms with van der Waals surface area (Å²) in [6.45, 7) is 4.05. The first-order valence-corrected chi connectivity index (χ1v) is 11.9. The van der Waals surface area contributed by atoms with Crippen LogP contribution in [0.15, 0.2) is 70.8 Å². The summed E-state index contributed by atoms with van der Waals surface area (Å²) in [6, 6.07) is 12.8. The van der Waals surface area contributed by atoms with Crippen LogP contribution < -0.4 is 14.8 Å². The van der Waals surface area contributed by atoms with Crippen LogP contribution in [-0.2, 0) is 28.5 Å². The van der Waals surface area contributed by atoms with Crippen LogP contribution in [0.25, 0.3) is 0 Å². The van der Waals surface area contributed by atoms with Crippen LogP contribution in [-0.4, -0.2) is 35.8 Å². The smallest absolute Gasteiger partial charge is 0.263 e. The minimum absolute atomic E-state index is 0.157. The van der Waals surface area contributed by atoms with E-state index in [9.17, 15) is 13.2 Å². The summed E-state index contributed by atoms with van der Waals surface area (Å²) in [5, 5.41) is 2.85. The minimum Gasteiger partial charge on any atom is -0.486 e. The number of rotatable bonds is 7. The number of aryl methyl sites for hydroxylation is 1. The molecule has 2 aromatic carbocycles. The van der Waals surface area contributed by atoms with Crippen molar-refractivity contribution >= 4 is 27.5 Å². The highest BCUT2D eigenvalue weighted by molar-refractivity contribution is 7.90. The Balaban J connectivity index is 1.46. The average Bonchev–Trinajstić information content (AvgIpc) is 3.31. The molecule has 0 bridgehead atoms. The van der Waals surface area contributed by atoms with E-state index in [1.807, 2.05) is 31.7 Å². The molecular weight excluding hydrogens is 442 g/mol. The third kappa shape index (κ3) is 4.90. The predicted molar refractivity (Wildman–Crippen MR) is 125 cm³/mol. The molecule has 1 aromatic heterocycles. The van der Waals surface area contributed by atoms with Gasteiger partial charge in [0.1, 0.15) is 30.1 Å². The van der Waals surface area contributed by atoms with Crippen LogP contribution >= 0.6 is 0 Å². The summed E-state index contributed by atoms with van der Waals surface area (Å²) in [5.74, 6) is 1.14. The van der Waals surface area contributed by atoms with Crippen LogP contribution in [0.2, 0.25) is 0 Å². The van der Waals surface area contributed by atoms with Gasteiger partial charge in [-0.05, 0) is 42.3 Å². The molecule has 1 amide bonds. The molecule has 1 aliphatic rings. The summed E-state index contributed by atoms with van der Waals surface area (Å²) < 4.78 is 34.8. The van der Waals surface area contributed by atoms with Crippen LogP contribution in [0.5, 0.6) is 5.75 Å². The number of carbonyl (C=O) groups excluding carboxylic acids is 1. The zero-order chi connectivity index (χ0) is 23.6. The molecule has 0 saturated carbocycles. The molecule has 10 heteroatoms. The topological polar surface area (TPSA) is 115 Å². The molecular formula is C23H25N5O4S. The highest BCUT2D eigenvalue weighted by Gasteiger charge is 2.32. The van der Waals surface area contributed by atoms with Crippen molar-refractivity contribution in [1.29, 1.82) is 0 Å². The summed E-state index contributed by atoms with van der Waals surface area (Å²) in [5.41, 5.74) is 1.05. The zero-order valence-corrected chi connectivity index (χ0v) is 19.3. The van der Waals surface area contributed by atoms with Gasteiger partial charge in [0.25, 0.3) is 10.0 Å². The number of anilines is 1. The Morgan fingerprint density at radius 2 is 1.91 bits per heavy atom. The van der Waals surface area contributed by atoms with E-state index in [4.69, 9.17) is 4.74 Å². The Hall–Kier alpha value is -3.66. The van der Waals surface area contributed by atoms with Crippen molar-refractivity contribution in [2.24, 2.45) is 18.0 Å². The largest absolute Gasteiger partial charge is 0.486 e. The van der Waals surface area contributed by atoms with E-state index in [-0.39, 0.29) is 22.6 Å². The second-order valence-electron chi connectivity index (χ2n) is 8.02. The first-order valence-electron chi connectivity index (χ1n) is 10.4. The van der Waals surface area contributed by atoms with Gasteiger partial charge in [-0.15, -0.1) is 0 Å². The lowest BCUT2D eigenvalue weighted by Crippen LogP contribution is -2.34. The van der Waals surface area contributed by atoms with E-state index in [0.717, 1.165) is 5.82 Å². The number of ether oxygens (including phenoxy) is 1. The van der Waals surface area contributed by atoms with Crippen molar-refractivity contribution in [3.63, 3.8) is 0 Å². The number of amidine groups is 1. The number of nitrogens with one attached hydrogen (secondary N) is 2. The van der Waals surface area contributed by atoms with Gasteiger partial charge in [0.05, 0.1) is 4.90 Å². The fourth-order valence-electron chi connectivity index (χ4n) is 3.41. The fraction of sp³-hybridized carbons (Fsp3) is 0.261. The van der Waals surface area contributed by atoms with Gasteiger partial charge in [0.15, 0.2) is 0 Å². The van der Waals surface area contributed by atoms with Crippen molar-refractivity contribution in [1.82, 2.24) is 14.3 Å². The maximum atomic E-state index is 13.0. The molecule has 1 atom stereocenters. The van der Waals surface area contributed by atoms with E-state index in [1.165, 1.54) is 6.07 Å². The quantitative estimate of drug-likeness (QED) is 0.554. The van der Waals surface area contributed by atoms with E-state index in [0.29, 0.717) is 23.6 Å². The molecule has 4 rings (SSSR count). The molecule has 0 fully saturated rings. The van der Waals surface area contributed by atoms with Gasteiger partial charge in [-0.2, -0.15) is 0 Å². The molecule has 2 heterocycles. The number of imidazole rings is 1. The molecule has 9 nitrogen and oxygen atoms in total. The van der Waals surface area contributed by atoms with E-state index in [1.54, 1.807) is 48.7 Å². The Morgan fingerprint density at radius 3 is 2.58 bits per heavy atom. The Bertz CT molecular complexity index is 1300. The molecule has 0 saturated heterocycles. The Labute approximate surface area is 192 Å². The van der Waals surface area contributed by atoms with Crippen LogP contribution in [0.1, 0.15) is 25.2 Å². The lowest BCUT2D eigenvalue weighted by molar-refractivity contribution is -0.118. The lowest BCUT2D eigenvalue weighted by Gasteiger charge is -2.17. The molecule has 0 unspecified atom stereocenters. The number of aliphatic imine (C=N–C) groups is 1. The van der Waals surface area contributed by atoms with Crippen molar-refractivity contribution in [2.75, 3.05) is 5.32 Å². The van der Waals surface area contributed by atoms with E-state index < -0.39 is 16.1 Å². The summed E-state index contributed by atoms with van der Waals surface area (Å²) in [4.78, 5) is 21.8. The maximum absolute atomic E-state index is 13.0. The van der Waals surface area contributed by atoms with Gasteiger partial charge in [-0.3, -0.25) is 14.5 Å². The van der Waals surface area contributed by atoms with Crippen LogP contribution in [0.3, 0.4) is 0 Å². The fourth-order valence-corrected chi connectivity index (χ4v) is 4.65. The minimum atomic E-state index is -3.67. The predicted octanol–water partition coefficient (Wildman–Crippen LogP) is 2.70. The zero-order valence-electron chi connectivity index (χ0n) is 18.5. The SMILES string of the molecule is CC(C)[C@H](N=C1NS(=O)(=O)c2ccccc21)C(=O)Nc1ccc(OCc2nccn2C)cc1. The number of nitrogens with zero attached hydrogens (tertiary/aromatic N) is 3. The highest BCUT2D eigenvalue weighted by Crippen LogP contribution is 2.24. The number of benzene rings is 2. The monoisotopic (exact) mass is 467 g/mol. The van der Waals surface area contributed by atoms with Crippen molar-refractivity contribution in [3.8, 4) is 5.75 Å². The molecule has 1 aliphatic heterocycles. The standard InChI is InChI=1S/C23H25N5O4S/c1-15(2)21(26-22-18-6-4-5-7-19(18)33(30,31)27-22)23(29)25-16-8-10-17(11-9-16)32-14-20-24-12-13-28(20)3/h4-13,15,21H,14H2,1-3H3,(H,25,29)(H,26,27)/t21-/m0/s1. The average molecular weight is 468 g/mol. The molecule has 2 N–H and O–H groups in total. The number of hydrogen-bond acceptors (Lipinski definition) is 6. The number of amides is 1. The highest BCUT2D eigenvalue weighted by atomic mass is 32.2. The molecule has 3 aromatic rings. The Kier molecular flexibility index (Phi) is 6.19.